The number of rotatable bonds is 10. The van der Waals surface area contributed by atoms with Gasteiger partial charge in [-0.1, -0.05) is 36.5 Å². The van der Waals surface area contributed by atoms with Crippen LogP contribution in [0.5, 0.6) is 0 Å². The van der Waals surface area contributed by atoms with Crippen LogP contribution >= 0.6 is 0 Å². The fraction of sp³-hybridized carbons (Fsp3) is 0.632. The molecule has 130 valence electrons. The van der Waals surface area contributed by atoms with Crippen molar-refractivity contribution < 1.29 is 19.0 Å². The summed E-state index contributed by atoms with van der Waals surface area (Å²) in [5.74, 6) is -0.560. The summed E-state index contributed by atoms with van der Waals surface area (Å²) >= 11 is 0. The van der Waals surface area contributed by atoms with Gasteiger partial charge in [0.2, 0.25) is 0 Å². The Balaban J connectivity index is 2.00. The van der Waals surface area contributed by atoms with Crippen LogP contribution in [-0.4, -0.2) is 31.1 Å². The van der Waals surface area contributed by atoms with Gasteiger partial charge in [-0.3, -0.25) is 4.79 Å². The molecule has 4 heteroatoms. The average molecular weight is 322 g/mol. The average Bonchev–Trinajstić information content (AvgIpc) is 2.84. The smallest absolute Gasteiger partial charge is 0.306 e. The Kier molecular flexibility index (Phi) is 9.57. The van der Waals surface area contributed by atoms with Crippen molar-refractivity contribution in [2.24, 2.45) is 0 Å². The van der Waals surface area contributed by atoms with E-state index in [-0.39, 0.29) is 12.1 Å². The lowest BCUT2D eigenvalue weighted by Gasteiger charge is -2.16. The van der Waals surface area contributed by atoms with Crippen molar-refractivity contribution in [1.29, 1.82) is 0 Å². The van der Waals surface area contributed by atoms with Gasteiger partial charge in [0.25, 0.3) is 0 Å². The van der Waals surface area contributed by atoms with E-state index in [1.54, 1.807) is 0 Å². The molecule has 0 aromatic heterocycles. The first-order chi connectivity index (χ1) is 11.0. The van der Waals surface area contributed by atoms with Crippen molar-refractivity contribution in [2.75, 3.05) is 13.2 Å². The number of ether oxygens (including phenoxy) is 3. The largest absolute Gasteiger partial charge is 0.466 e. The van der Waals surface area contributed by atoms with Crippen LogP contribution in [-0.2, 0) is 19.0 Å². The number of hydrogen-bond donors (Lipinski definition) is 0. The maximum absolute atomic E-state index is 11.1. The molecule has 0 bridgehead atoms. The van der Waals surface area contributed by atoms with Crippen LogP contribution < -0.4 is 0 Å². The molecular weight excluding hydrogens is 292 g/mol. The lowest BCUT2D eigenvalue weighted by Crippen LogP contribution is -2.21. The Morgan fingerprint density at radius 1 is 1.13 bits per heavy atom. The third kappa shape index (κ3) is 10.1. The molecule has 0 N–H and O–H groups in total. The van der Waals surface area contributed by atoms with Crippen molar-refractivity contribution in [2.45, 2.75) is 64.8 Å². The summed E-state index contributed by atoms with van der Waals surface area (Å²) in [6.45, 7) is 6.84. The summed E-state index contributed by atoms with van der Waals surface area (Å²) in [7, 11) is 0. The molecule has 1 rings (SSSR count). The highest BCUT2D eigenvalue weighted by molar-refractivity contribution is 5.69. The highest BCUT2D eigenvalue weighted by Gasteiger charge is 2.31. The van der Waals surface area contributed by atoms with Gasteiger partial charge in [-0.2, -0.15) is 0 Å². The normalized spacial score (nSPS) is 20.9. The highest BCUT2D eigenvalue weighted by atomic mass is 16.7. The Hall–Kier alpha value is -1.39. The Morgan fingerprint density at radius 3 is 2.39 bits per heavy atom. The van der Waals surface area contributed by atoms with E-state index in [4.69, 9.17) is 14.2 Å². The first kappa shape index (κ1) is 19.7. The zero-order chi connectivity index (χ0) is 17.0. The van der Waals surface area contributed by atoms with Crippen LogP contribution in [0.4, 0.5) is 0 Å². The number of hydrogen-bond acceptors (Lipinski definition) is 4. The van der Waals surface area contributed by atoms with Gasteiger partial charge in [0.15, 0.2) is 5.79 Å². The predicted octanol–water partition coefficient (Wildman–Crippen LogP) is 4.32. The topological polar surface area (TPSA) is 44.8 Å². The van der Waals surface area contributed by atoms with Crippen molar-refractivity contribution in [3.63, 3.8) is 0 Å². The molecule has 0 aromatic rings. The van der Waals surface area contributed by atoms with E-state index >= 15 is 0 Å². The molecule has 1 unspecified atom stereocenters. The van der Waals surface area contributed by atoms with E-state index < -0.39 is 5.79 Å². The van der Waals surface area contributed by atoms with Crippen molar-refractivity contribution in [3.8, 4) is 0 Å². The number of esters is 1. The summed E-state index contributed by atoms with van der Waals surface area (Å²) in [4.78, 5) is 11.1. The molecule has 0 amide bonds. The first-order valence-electron chi connectivity index (χ1n) is 8.46. The predicted molar refractivity (Wildman–Crippen MR) is 92.0 cm³/mol. The third-order valence-corrected chi connectivity index (χ3v) is 3.33. The summed E-state index contributed by atoms with van der Waals surface area (Å²) in [6.07, 6.45) is 16.8. The monoisotopic (exact) mass is 322 g/mol. The lowest BCUT2D eigenvalue weighted by molar-refractivity contribution is -0.143. The van der Waals surface area contributed by atoms with E-state index in [0.717, 1.165) is 25.7 Å². The second-order valence-electron chi connectivity index (χ2n) is 5.92. The second-order valence-corrected chi connectivity index (χ2v) is 5.92. The molecule has 4 nitrogen and oxygen atoms in total. The lowest BCUT2D eigenvalue weighted by atomic mass is 10.2. The Labute approximate surface area is 140 Å². The molecule has 1 heterocycles. The maximum atomic E-state index is 11.1. The quantitative estimate of drug-likeness (QED) is 0.444. The van der Waals surface area contributed by atoms with E-state index in [1.165, 1.54) is 0 Å². The minimum absolute atomic E-state index is 0.127. The molecule has 23 heavy (non-hydrogen) atoms. The fourth-order valence-corrected chi connectivity index (χ4v) is 2.22. The van der Waals surface area contributed by atoms with Crippen LogP contribution in [0.3, 0.4) is 0 Å². The SMILES string of the molecule is CCOC(=O)CC/C=C\C/C=C\C/C=C\CC1COC(C)(C)O1. The van der Waals surface area contributed by atoms with Gasteiger partial charge < -0.3 is 14.2 Å². The van der Waals surface area contributed by atoms with Crippen molar-refractivity contribution in [3.05, 3.63) is 36.5 Å². The highest BCUT2D eigenvalue weighted by Crippen LogP contribution is 2.24. The maximum Gasteiger partial charge on any atom is 0.306 e. The zero-order valence-corrected chi connectivity index (χ0v) is 14.6. The Bertz CT molecular complexity index is 421. The van der Waals surface area contributed by atoms with Crippen molar-refractivity contribution in [1.82, 2.24) is 0 Å². The van der Waals surface area contributed by atoms with Crippen molar-refractivity contribution >= 4 is 5.97 Å². The molecule has 0 spiro atoms. The number of carbonyl (C=O) groups excluding carboxylic acids is 1. The van der Waals surface area contributed by atoms with E-state index in [9.17, 15) is 4.79 Å². The van der Waals surface area contributed by atoms with Gasteiger partial charge in [-0.15, -0.1) is 0 Å². The van der Waals surface area contributed by atoms with Gasteiger partial charge in [0, 0.05) is 6.42 Å². The van der Waals surface area contributed by atoms with E-state index in [0.29, 0.717) is 19.6 Å². The number of carbonyl (C=O) groups is 1. The third-order valence-electron chi connectivity index (χ3n) is 3.33. The molecule has 0 aromatic carbocycles. The van der Waals surface area contributed by atoms with Crippen LogP contribution in [0.25, 0.3) is 0 Å². The summed E-state index contributed by atoms with van der Waals surface area (Å²) in [5, 5.41) is 0. The van der Waals surface area contributed by atoms with Gasteiger partial charge >= 0.3 is 5.97 Å². The van der Waals surface area contributed by atoms with Gasteiger partial charge in [0.05, 0.1) is 19.3 Å². The zero-order valence-electron chi connectivity index (χ0n) is 14.6. The fourth-order valence-electron chi connectivity index (χ4n) is 2.22. The summed E-state index contributed by atoms with van der Waals surface area (Å²) in [6, 6.07) is 0. The van der Waals surface area contributed by atoms with Crippen LogP contribution in [0.15, 0.2) is 36.5 Å². The van der Waals surface area contributed by atoms with Gasteiger partial charge in [-0.25, -0.2) is 0 Å². The van der Waals surface area contributed by atoms with Crippen LogP contribution in [0.2, 0.25) is 0 Å². The van der Waals surface area contributed by atoms with E-state index in [1.807, 2.05) is 26.8 Å². The first-order valence-corrected chi connectivity index (χ1v) is 8.46. The molecular formula is C19H30O4. The molecule has 0 aliphatic carbocycles. The molecule has 1 aliphatic rings. The molecule has 0 radical (unpaired) electrons. The minimum atomic E-state index is -0.433. The van der Waals surface area contributed by atoms with Crippen LogP contribution in [0, 0.1) is 0 Å². The van der Waals surface area contributed by atoms with Gasteiger partial charge in [-0.05, 0) is 46.5 Å². The summed E-state index contributed by atoms with van der Waals surface area (Å²) < 4.78 is 16.1. The summed E-state index contributed by atoms with van der Waals surface area (Å²) in [5.41, 5.74) is 0. The number of allylic oxidation sites excluding steroid dienone is 5. The van der Waals surface area contributed by atoms with Gasteiger partial charge in [0.1, 0.15) is 0 Å². The molecule has 1 atom stereocenters. The molecule has 1 aliphatic heterocycles. The standard InChI is InChI=1S/C19H30O4/c1-4-21-18(20)15-13-11-9-7-5-6-8-10-12-14-17-16-22-19(2,3)23-17/h5-6,9-12,17H,4,7-8,13-16H2,1-3H3/b6-5-,11-9-,12-10-. The molecule has 0 saturated carbocycles. The van der Waals surface area contributed by atoms with Crippen LogP contribution in [0.1, 0.15) is 52.9 Å². The molecule has 1 saturated heterocycles. The second kappa shape index (κ2) is 11.2. The minimum Gasteiger partial charge on any atom is -0.466 e. The molecule has 1 fully saturated rings. The van der Waals surface area contributed by atoms with E-state index in [2.05, 4.69) is 30.4 Å². The Morgan fingerprint density at radius 2 is 1.78 bits per heavy atom.